The largest absolute Gasteiger partial charge is 0.448 e. The summed E-state index contributed by atoms with van der Waals surface area (Å²) >= 11 is 5.90. The van der Waals surface area contributed by atoms with Crippen LogP contribution in [0.4, 0.5) is 0 Å². The van der Waals surface area contributed by atoms with Crippen molar-refractivity contribution in [2.45, 2.75) is 13.0 Å². The van der Waals surface area contributed by atoms with Crippen molar-refractivity contribution in [3.05, 3.63) is 65.2 Å². The third-order valence-corrected chi connectivity index (χ3v) is 3.48. The highest BCUT2D eigenvalue weighted by Crippen LogP contribution is 2.30. The lowest BCUT2D eigenvalue weighted by molar-refractivity contribution is 0.455. The second-order valence-corrected chi connectivity index (χ2v) is 4.92. The lowest BCUT2D eigenvalue weighted by atomic mass is 9.99. The van der Waals surface area contributed by atoms with Gasteiger partial charge in [0.25, 0.3) is 0 Å². The van der Waals surface area contributed by atoms with Gasteiger partial charge in [-0.3, -0.25) is 4.98 Å². The first kappa shape index (κ1) is 13.2. The van der Waals surface area contributed by atoms with Crippen molar-refractivity contribution in [3.8, 4) is 0 Å². The molecule has 0 aliphatic carbocycles. The third kappa shape index (κ3) is 2.42. The first-order valence-electron chi connectivity index (χ1n) is 6.62. The fourth-order valence-corrected chi connectivity index (χ4v) is 2.58. The molecule has 1 N–H and O–H groups in total. The summed E-state index contributed by atoms with van der Waals surface area (Å²) < 4.78 is 5.58. The minimum atomic E-state index is -0.0274. The van der Waals surface area contributed by atoms with Crippen LogP contribution in [0.15, 0.2) is 53.1 Å². The molecule has 3 aromatic rings. The van der Waals surface area contributed by atoms with E-state index in [2.05, 4.69) is 29.4 Å². The van der Waals surface area contributed by atoms with Gasteiger partial charge in [0, 0.05) is 11.6 Å². The van der Waals surface area contributed by atoms with Gasteiger partial charge in [0.05, 0.1) is 11.6 Å². The maximum absolute atomic E-state index is 5.90. The first-order chi connectivity index (χ1) is 9.79. The van der Waals surface area contributed by atoms with Gasteiger partial charge in [-0.1, -0.05) is 25.1 Å². The van der Waals surface area contributed by atoms with E-state index in [9.17, 15) is 0 Å². The molecule has 2 aromatic heterocycles. The quantitative estimate of drug-likeness (QED) is 0.782. The summed E-state index contributed by atoms with van der Waals surface area (Å²) in [6.45, 7) is 2.90. The third-order valence-electron chi connectivity index (χ3n) is 3.28. The van der Waals surface area contributed by atoms with Gasteiger partial charge >= 0.3 is 0 Å². The molecule has 0 radical (unpaired) electrons. The summed E-state index contributed by atoms with van der Waals surface area (Å²) in [6, 6.07) is 13.8. The fraction of sp³-hybridized carbons (Fsp3) is 0.188. The number of nitrogens with one attached hydrogen (secondary N) is 1. The smallest absolute Gasteiger partial charge is 0.193 e. The van der Waals surface area contributed by atoms with Gasteiger partial charge in [-0.05, 0) is 48.0 Å². The average molecular weight is 287 g/mol. The molecule has 1 unspecified atom stereocenters. The van der Waals surface area contributed by atoms with Gasteiger partial charge in [-0.15, -0.1) is 0 Å². The lowest BCUT2D eigenvalue weighted by Crippen LogP contribution is -2.21. The molecule has 1 atom stereocenters. The molecule has 0 fully saturated rings. The Kier molecular flexibility index (Phi) is 3.72. The SMILES string of the molecule is CCNC(c1ccc(Cl)o1)c1cccc2ncccc12. The van der Waals surface area contributed by atoms with Gasteiger partial charge in [-0.25, -0.2) is 0 Å². The normalized spacial score (nSPS) is 12.7. The predicted octanol–water partition coefficient (Wildman–Crippen LogP) is 4.18. The molecule has 20 heavy (non-hydrogen) atoms. The van der Waals surface area contributed by atoms with Gasteiger partial charge in [0.2, 0.25) is 0 Å². The minimum absolute atomic E-state index is 0.0274. The topological polar surface area (TPSA) is 38.1 Å². The number of rotatable bonds is 4. The van der Waals surface area contributed by atoms with Crippen LogP contribution in [0.5, 0.6) is 0 Å². The molecule has 0 saturated carbocycles. The van der Waals surface area contributed by atoms with E-state index >= 15 is 0 Å². The lowest BCUT2D eigenvalue weighted by Gasteiger charge is -2.17. The maximum Gasteiger partial charge on any atom is 0.193 e. The molecule has 3 nitrogen and oxygen atoms in total. The molecular formula is C16H15ClN2O. The van der Waals surface area contributed by atoms with E-state index < -0.39 is 0 Å². The van der Waals surface area contributed by atoms with Gasteiger partial charge in [0.15, 0.2) is 5.22 Å². The highest BCUT2D eigenvalue weighted by molar-refractivity contribution is 6.28. The number of pyridine rings is 1. The molecule has 0 aliphatic rings. The summed E-state index contributed by atoms with van der Waals surface area (Å²) in [5.41, 5.74) is 2.12. The second kappa shape index (κ2) is 5.65. The molecular weight excluding hydrogens is 272 g/mol. The van der Waals surface area contributed by atoms with Crippen LogP contribution in [0.3, 0.4) is 0 Å². The van der Waals surface area contributed by atoms with E-state index in [1.54, 1.807) is 12.3 Å². The van der Waals surface area contributed by atoms with Gasteiger partial charge in [-0.2, -0.15) is 0 Å². The van der Waals surface area contributed by atoms with Crippen molar-refractivity contribution in [1.29, 1.82) is 0 Å². The zero-order valence-corrected chi connectivity index (χ0v) is 11.9. The first-order valence-corrected chi connectivity index (χ1v) is 6.99. The van der Waals surface area contributed by atoms with Crippen LogP contribution in [-0.4, -0.2) is 11.5 Å². The summed E-state index contributed by atoms with van der Waals surface area (Å²) in [7, 11) is 0. The number of nitrogens with zero attached hydrogens (tertiary/aromatic N) is 1. The van der Waals surface area contributed by atoms with E-state index in [0.29, 0.717) is 5.22 Å². The number of aromatic nitrogens is 1. The monoisotopic (exact) mass is 286 g/mol. The minimum Gasteiger partial charge on any atom is -0.448 e. The van der Waals surface area contributed by atoms with Crippen molar-refractivity contribution >= 4 is 22.5 Å². The molecule has 0 spiro atoms. The van der Waals surface area contributed by atoms with E-state index in [1.165, 1.54) is 0 Å². The Hall–Kier alpha value is -1.84. The molecule has 102 valence electrons. The Morgan fingerprint density at radius 2 is 2.10 bits per heavy atom. The van der Waals surface area contributed by atoms with Crippen molar-refractivity contribution in [3.63, 3.8) is 0 Å². The molecule has 3 rings (SSSR count). The highest BCUT2D eigenvalue weighted by atomic mass is 35.5. The summed E-state index contributed by atoms with van der Waals surface area (Å²) in [5, 5.41) is 4.96. The summed E-state index contributed by atoms with van der Waals surface area (Å²) in [5.74, 6) is 0.813. The Balaban J connectivity index is 2.14. The highest BCUT2D eigenvalue weighted by Gasteiger charge is 2.19. The van der Waals surface area contributed by atoms with Crippen LogP contribution in [0, 0.1) is 0 Å². The molecule has 0 amide bonds. The Labute approximate surface area is 122 Å². The number of fused-ring (bicyclic) bond motifs is 1. The Bertz CT molecular complexity index is 718. The van der Waals surface area contributed by atoms with Crippen molar-refractivity contribution < 1.29 is 4.42 Å². The molecule has 1 aromatic carbocycles. The van der Waals surface area contributed by atoms with E-state index in [1.807, 2.05) is 24.3 Å². The van der Waals surface area contributed by atoms with Crippen LogP contribution >= 0.6 is 11.6 Å². The fourth-order valence-electron chi connectivity index (χ4n) is 2.43. The van der Waals surface area contributed by atoms with Gasteiger partial charge < -0.3 is 9.73 Å². The Morgan fingerprint density at radius 1 is 1.20 bits per heavy atom. The molecule has 4 heteroatoms. The van der Waals surface area contributed by atoms with Crippen molar-refractivity contribution in [1.82, 2.24) is 10.3 Å². The number of hydrogen-bond donors (Lipinski definition) is 1. The van der Waals surface area contributed by atoms with E-state index in [-0.39, 0.29) is 6.04 Å². The van der Waals surface area contributed by atoms with Crippen molar-refractivity contribution in [2.24, 2.45) is 0 Å². The number of furan rings is 1. The molecule has 0 aliphatic heterocycles. The standard InChI is InChI=1S/C16H15ClN2O/c1-2-18-16(14-8-9-15(17)20-14)12-5-3-7-13-11(12)6-4-10-19-13/h3-10,16,18H,2H2,1H3. The van der Waals surface area contributed by atoms with Crippen molar-refractivity contribution in [2.75, 3.05) is 6.54 Å². The molecule has 0 saturated heterocycles. The maximum atomic E-state index is 5.90. The average Bonchev–Trinajstić information content (AvgIpc) is 2.91. The molecule has 0 bridgehead atoms. The Morgan fingerprint density at radius 3 is 2.85 bits per heavy atom. The number of halogens is 1. The predicted molar refractivity (Wildman–Crippen MR) is 81.0 cm³/mol. The second-order valence-electron chi connectivity index (χ2n) is 4.55. The number of hydrogen-bond acceptors (Lipinski definition) is 3. The zero-order valence-electron chi connectivity index (χ0n) is 11.1. The van der Waals surface area contributed by atoms with Crippen LogP contribution in [-0.2, 0) is 0 Å². The van der Waals surface area contributed by atoms with E-state index in [4.69, 9.17) is 16.0 Å². The van der Waals surface area contributed by atoms with Gasteiger partial charge in [0.1, 0.15) is 5.76 Å². The summed E-state index contributed by atoms with van der Waals surface area (Å²) in [4.78, 5) is 4.40. The molecule has 2 heterocycles. The van der Waals surface area contributed by atoms with Crippen LogP contribution in [0.25, 0.3) is 10.9 Å². The van der Waals surface area contributed by atoms with Crippen LogP contribution in [0.2, 0.25) is 5.22 Å². The van der Waals surface area contributed by atoms with Crippen LogP contribution in [0.1, 0.15) is 24.3 Å². The number of benzene rings is 1. The zero-order chi connectivity index (χ0) is 13.9. The van der Waals surface area contributed by atoms with E-state index in [0.717, 1.165) is 28.8 Å². The van der Waals surface area contributed by atoms with Crippen LogP contribution < -0.4 is 5.32 Å². The summed E-state index contributed by atoms with van der Waals surface area (Å²) in [6.07, 6.45) is 1.80.